The number of carbonyl (C=O) groups is 1. The number of anilines is 1. The van der Waals surface area contributed by atoms with E-state index in [4.69, 9.17) is 11.6 Å². The molecule has 0 bridgehead atoms. The van der Waals surface area contributed by atoms with Crippen LogP contribution in [0.15, 0.2) is 48.6 Å². The highest BCUT2D eigenvalue weighted by Gasteiger charge is 2.40. The summed E-state index contributed by atoms with van der Waals surface area (Å²) in [5, 5.41) is 15.2. The molecule has 0 saturated heterocycles. The minimum Gasteiger partial charge on any atom is -0.545 e. The van der Waals surface area contributed by atoms with Gasteiger partial charge < -0.3 is 15.2 Å². The van der Waals surface area contributed by atoms with Gasteiger partial charge in [0.15, 0.2) is 0 Å². The largest absolute Gasteiger partial charge is 0.545 e. The van der Waals surface area contributed by atoms with Gasteiger partial charge in [-0.1, -0.05) is 48.0 Å². The third kappa shape index (κ3) is 2.21. The van der Waals surface area contributed by atoms with Crippen LogP contribution >= 0.6 is 11.6 Å². The molecule has 2 aliphatic rings. The lowest BCUT2D eigenvalue weighted by Gasteiger charge is -2.39. The number of carbonyl (C=O) groups excluding carboxylic acids is 1. The number of benzene rings is 2. The molecule has 5 heteroatoms. The Morgan fingerprint density at radius 1 is 1.25 bits per heavy atom. The lowest BCUT2D eigenvalue weighted by molar-refractivity contribution is -0.255. The highest BCUT2D eigenvalue weighted by molar-refractivity contribution is 6.33. The average Bonchev–Trinajstić information content (AvgIpc) is 3.05. The molecule has 0 fully saturated rings. The molecule has 0 aromatic heterocycles. The van der Waals surface area contributed by atoms with E-state index in [-0.39, 0.29) is 29.3 Å². The zero-order valence-corrected chi connectivity index (χ0v) is 13.4. The molecule has 0 unspecified atom stereocenters. The summed E-state index contributed by atoms with van der Waals surface area (Å²) < 4.78 is 14.3. The van der Waals surface area contributed by atoms with E-state index < -0.39 is 5.97 Å². The smallest absolute Gasteiger partial charge is 0.128 e. The third-order valence-electron chi connectivity index (χ3n) is 4.93. The van der Waals surface area contributed by atoms with Crippen LogP contribution in [0.25, 0.3) is 0 Å². The van der Waals surface area contributed by atoms with Crippen LogP contribution in [-0.4, -0.2) is 5.97 Å². The first-order valence-electron chi connectivity index (χ1n) is 7.79. The van der Waals surface area contributed by atoms with Crippen molar-refractivity contribution in [2.75, 3.05) is 5.32 Å². The first-order valence-corrected chi connectivity index (χ1v) is 8.17. The van der Waals surface area contributed by atoms with Crippen LogP contribution in [0.3, 0.4) is 0 Å². The van der Waals surface area contributed by atoms with Gasteiger partial charge in [-0.15, -0.1) is 0 Å². The van der Waals surface area contributed by atoms with E-state index >= 15 is 0 Å². The maximum atomic E-state index is 14.3. The predicted octanol–water partition coefficient (Wildman–Crippen LogP) is 3.67. The van der Waals surface area contributed by atoms with E-state index in [1.807, 2.05) is 12.2 Å². The van der Waals surface area contributed by atoms with Crippen LogP contribution in [0.1, 0.15) is 39.9 Å². The van der Waals surface area contributed by atoms with Crippen LogP contribution in [-0.2, 0) is 0 Å². The monoisotopic (exact) mass is 342 g/mol. The molecule has 2 aromatic carbocycles. The van der Waals surface area contributed by atoms with Gasteiger partial charge in [-0.2, -0.15) is 0 Å². The quantitative estimate of drug-likeness (QED) is 0.847. The number of allylic oxidation sites excluding steroid dienone is 2. The molecule has 1 aliphatic carbocycles. The summed E-state index contributed by atoms with van der Waals surface area (Å²) in [6.07, 6.45) is 4.75. The van der Waals surface area contributed by atoms with Crippen molar-refractivity contribution >= 4 is 23.3 Å². The summed E-state index contributed by atoms with van der Waals surface area (Å²) >= 11 is 6.31. The van der Waals surface area contributed by atoms with Crippen LogP contribution in [0.4, 0.5) is 10.1 Å². The molecule has 1 heterocycles. The number of carboxylic acids is 1. The lowest BCUT2D eigenvalue weighted by atomic mass is 9.75. The van der Waals surface area contributed by atoms with Crippen molar-refractivity contribution < 1.29 is 14.3 Å². The molecule has 24 heavy (non-hydrogen) atoms. The van der Waals surface area contributed by atoms with Gasteiger partial charge in [0.1, 0.15) is 5.82 Å². The second kappa shape index (κ2) is 5.64. The summed E-state index contributed by atoms with van der Waals surface area (Å²) in [7, 11) is 0. The highest BCUT2D eigenvalue weighted by Crippen LogP contribution is 2.52. The Bertz CT molecular complexity index is 864. The Balaban J connectivity index is 1.90. The summed E-state index contributed by atoms with van der Waals surface area (Å²) in [5.74, 6) is -1.60. The number of aromatic carboxylic acids is 1. The Labute approximate surface area is 143 Å². The second-order valence-electron chi connectivity index (χ2n) is 6.17. The van der Waals surface area contributed by atoms with E-state index in [9.17, 15) is 14.3 Å². The van der Waals surface area contributed by atoms with E-state index in [1.165, 1.54) is 18.2 Å². The minimum atomic E-state index is -1.23. The molecule has 2 aromatic rings. The number of rotatable bonds is 2. The summed E-state index contributed by atoms with van der Waals surface area (Å²) in [5.41, 5.74) is 1.89. The Morgan fingerprint density at radius 3 is 2.79 bits per heavy atom. The molecule has 0 saturated carbocycles. The Kier molecular flexibility index (Phi) is 3.57. The van der Waals surface area contributed by atoms with Gasteiger partial charge in [0.05, 0.1) is 22.7 Å². The van der Waals surface area contributed by atoms with E-state index in [1.54, 1.807) is 18.2 Å². The molecule has 122 valence electrons. The van der Waals surface area contributed by atoms with Gasteiger partial charge in [0.2, 0.25) is 0 Å². The molecule has 3 atom stereocenters. The van der Waals surface area contributed by atoms with E-state index in [0.717, 1.165) is 6.42 Å². The second-order valence-corrected chi connectivity index (χ2v) is 6.58. The number of hydrogen-bond acceptors (Lipinski definition) is 3. The van der Waals surface area contributed by atoms with Crippen molar-refractivity contribution in [3.63, 3.8) is 0 Å². The maximum Gasteiger partial charge on any atom is 0.128 e. The molecule has 0 radical (unpaired) electrons. The van der Waals surface area contributed by atoms with E-state index in [2.05, 4.69) is 5.32 Å². The van der Waals surface area contributed by atoms with Crippen molar-refractivity contribution in [2.24, 2.45) is 5.92 Å². The summed E-state index contributed by atoms with van der Waals surface area (Å²) in [6, 6.07) is 9.38. The minimum absolute atomic E-state index is 0.0333. The zero-order valence-electron chi connectivity index (χ0n) is 12.6. The molecule has 1 aliphatic heterocycles. The van der Waals surface area contributed by atoms with Gasteiger partial charge in [0.25, 0.3) is 0 Å². The van der Waals surface area contributed by atoms with Crippen molar-refractivity contribution in [3.05, 3.63) is 76.1 Å². The van der Waals surface area contributed by atoms with Crippen molar-refractivity contribution in [1.82, 2.24) is 0 Å². The lowest BCUT2D eigenvalue weighted by Crippen LogP contribution is -2.33. The topological polar surface area (TPSA) is 52.2 Å². The SMILES string of the molecule is O=C([O-])c1ccc(Cl)c2c1[C@H]1C=CC[C@@H]1[C@@H](c1ccccc1F)N2. The van der Waals surface area contributed by atoms with E-state index in [0.29, 0.717) is 21.8 Å². The number of fused-ring (bicyclic) bond motifs is 3. The summed E-state index contributed by atoms with van der Waals surface area (Å²) in [6.45, 7) is 0. The first kappa shape index (κ1) is 15.2. The number of carboxylic acid groups (broad SMARTS) is 1. The Hall–Kier alpha value is -2.33. The molecule has 1 N–H and O–H groups in total. The molecule has 0 amide bonds. The first-order chi connectivity index (χ1) is 11.6. The highest BCUT2D eigenvalue weighted by atomic mass is 35.5. The van der Waals surface area contributed by atoms with Crippen LogP contribution in [0.5, 0.6) is 0 Å². The van der Waals surface area contributed by atoms with Crippen molar-refractivity contribution in [2.45, 2.75) is 18.4 Å². The maximum absolute atomic E-state index is 14.3. The fraction of sp³-hybridized carbons (Fsp3) is 0.211. The molecule has 3 nitrogen and oxygen atoms in total. The predicted molar refractivity (Wildman–Crippen MR) is 88.5 cm³/mol. The molecular formula is C19H14ClFNO2-. The molecule has 4 rings (SSSR count). The van der Waals surface area contributed by atoms with Crippen LogP contribution in [0.2, 0.25) is 5.02 Å². The number of halogens is 2. The fourth-order valence-corrected chi connectivity index (χ4v) is 4.11. The normalized spacial score (nSPS) is 24.2. The number of nitrogens with one attached hydrogen (secondary N) is 1. The van der Waals surface area contributed by atoms with Gasteiger partial charge >= 0.3 is 0 Å². The average molecular weight is 343 g/mol. The Morgan fingerprint density at radius 2 is 2.04 bits per heavy atom. The molecular weight excluding hydrogens is 329 g/mol. The van der Waals surface area contributed by atoms with Crippen LogP contribution in [0, 0.1) is 11.7 Å². The van der Waals surface area contributed by atoms with Crippen molar-refractivity contribution in [3.8, 4) is 0 Å². The third-order valence-corrected chi connectivity index (χ3v) is 5.24. The number of hydrogen-bond donors (Lipinski definition) is 1. The van der Waals surface area contributed by atoms with Crippen molar-refractivity contribution in [1.29, 1.82) is 0 Å². The van der Waals surface area contributed by atoms with Gasteiger partial charge in [0, 0.05) is 17.0 Å². The van der Waals surface area contributed by atoms with Crippen LogP contribution < -0.4 is 10.4 Å². The van der Waals surface area contributed by atoms with Gasteiger partial charge in [-0.25, -0.2) is 4.39 Å². The zero-order chi connectivity index (χ0) is 16.8. The fourth-order valence-electron chi connectivity index (χ4n) is 3.89. The van der Waals surface area contributed by atoms with Gasteiger partial charge in [-0.05, 0) is 30.0 Å². The molecule has 0 spiro atoms. The summed E-state index contributed by atoms with van der Waals surface area (Å²) in [4.78, 5) is 11.5. The standard InChI is InChI=1S/C19H15ClFNO2/c20-14-9-8-13(19(23)24)16-10-5-3-6-11(10)17(22-18(14)16)12-4-1-2-7-15(12)21/h1-5,7-11,17,22H,6H2,(H,23,24)/p-1/t10-,11-,17-/m0/s1. The van der Waals surface area contributed by atoms with Gasteiger partial charge in [-0.3, -0.25) is 0 Å².